The number of pyridine rings is 1. The number of piperazine rings is 1. The lowest BCUT2D eigenvalue weighted by molar-refractivity contribution is 0.102. The molecule has 1 aromatic carbocycles. The van der Waals surface area contributed by atoms with Gasteiger partial charge in [0, 0.05) is 43.8 Å². The van der Waals surface area contributed by atoms with Crippen molar-refractivity contribution < 1.29 is 14.3 Å². The van der Waals surface area contributed by atoms with Crippen LogP contribution in [0.1, 0.15) is 35.5 Å². The van der Waals surface area contributed by atoms with Crippen LogP contribution >= 0.6 is 0 Å². The van der Waals surface area contributed by atoms with Crippen molar-refractivity contribution in [3.05, 3.63) is 53.3 Å². The molecule has 1 aromatic heterocycles. The number of amides is 2. The molecule has 1 fully saturated rings. The maximum absolute atomic E-state index is 12.8. The lowest BCUT2D eigenvalue weighted by Gasteiger charge is -2.35. The number of carbonyl (C=O) groups excluding carboxylic acids is 2. The van der Waals surface area contributed by atoms with Crippen molar-refractivity contribution in [3.63, 3.8) is 0 Å². The molecule has 0 spiro atoms. The molecule has 3 rings (SSSR count). The van der Waals surface area contributed by atoms with Crippen LogP contribution in [0, 0.1) is 6.92 Å². The Kier molecular flexibility index (Phi) is 6.69. The summed E-state index contributed by atoms with van der Waals surface area (Å²) in [5.74, 6) is -0.221. The number of aromatic nitrogens is 1. The zero-order chi connectivity index (χ0) is 20.8. The average molecular weight is 396 g/mol. The highest BCUT2D eigenvalue weighted by atomic mass is 16.6. The van der Waals surface area contributed by atoms with Gasteiger partial charge in [0.25, 0.3) is 5.91 Å². The molecule has 7 nitrogen and oxygen atoms in total. The number of benzene rings is 1. The van der Waals surface area contributed by atoms with E-state index in [4.69, 9.17) is 4.74 Å². The Balaban J connectivity index is 1.69. The van der Waals surface area contributed by atoms with Crippen LogP contribution < -0.4 is 10.2 Å². The number of nitrogens with one attached hydrogen (secondary N) is 1. The van der Waals surface area contributed by atoms with Crippen molar-refractivity contribution in [3.8, 4) is 0 Å². The van der Waals surface area contributed by atoms with E-state index in [1.807, 2.05) is 31.2 Å². The Morgan fingerprint density at radius 1 is 1.14 bits per heavy atom. The first-order chi connectivity index (χ1) is 14.0. The van der Waals surface area contributed by atoms with Gasteiger partial charge in [-0.25, -0.2) is 4.79 Å². The molecule has 1 saturated heterocycles. The maximum Gasteiger partial charge on any atom is 0.409 e. The second-order valence-electron chi connectivity index (χ2n) is 6.99. The SMILES string of the molecule is CCOC(=O)N1CCN(c2ccnc(C(=O)Nc3c(C)cccc3CC)c2)CC1. The third-order valence-corrected chi connectivity index (χ3v) is 5.13. The van der Waals surface area contributed by atoms with Crippen molar-refractivity contribution in [1.82, 2.24) is 9.88 Å². The maximum atomic E-state index is 12.8. The molecule has 2 amide bonds. The molecule has 1 aliphatic rings. The summed E-state index contributed by atoms with van der Waals surface area (Å²) in [5.41, 5.74) is 4.29. The first-order valence-electron chi connectivity index (χ1n) is 10.1. The number of carbonyl (C=O) groups is 2. The zero-order valence-electron chi connectivity index (χ0n) is 17.3. The van der Waals surface area contributed by atoms with Crippen LogP contribution in [0.25, 0.3) is 0 Å². The smallest absolute Gasteiger partial charge is 0.409 e. The van der Waals surface area contributed by atoms with Gasteiger partial charge in [-0.3, -0.25) is 9.78 Å². The number of hydrogen-bond donors (Lipinski definition) is 1. The Morgan fingerprint density at radius 2 is 1.90 bits per heavy atom. The van der Waals surface area contributed by atoms with E-state index in [0.29, 0.717) is 38.5 Å². The number of ether oxygens (including phenoxy) is 1. The van der Waals surface area contributed by atoms with Gasteiger partial charge in [-0.15, -0.1) is 0 Å². The van der Waals surface area contributed by atoms with E-state index in [9.17, 15) is 9.59 Å². The summed E-state index contributed by atoms with van der Waals surface area (Å²) in [4.78, 5) is 32.8. The molecule has 7 heteroatoms. The quantitative estimate of drug-likeness (QED) is 0.837. The van der Waals surface area contributed by atoms with Crippen LogP contribution in [0.5, 0.6) is 0 Å². The van der Waals surface area contributed by atoms with Crippen LogP contribution in [0.4, 0.5) is 16.2 Å². The van der Waals surface area contributed by atoms with E-state index in [1.54, 1.807) is 24.1 Å². The summed E-state index contributed by atoms with van der Waals surface area (Å²) >= 11 is 0. The minimum absolute atomic E-state index is 0.221. The van der Waals surface area contributed by atoms with Crippen LogP contribution in [-0.2, 0) is 11.2 Å². The van der Waals surface area contributed by atoms with Gasteiger partial charge in [0.05, 0.1) is 6.61 Å². The van der Waals surface area contributed by atoms with Crippen molar-refractivity contribution in [2.75, 3.05) is 43.0 Å². The Hall–Kier alpha value is -3.09. The molecular weight excluding hydrogens is 368 g/mol. The standard InChI is InChI=1S/C22H28N4O3/c1-4-17-8-6-7-16(3)20(17)24-21(27)19-15-18(9-10-23-19)25-11-13-26(14-12-25)22(28)29-5-2/h6-10,15H,4-5,11-14H2,1-3H3,(H,24,27). The van der Waals surface area contributed by atoms with Gasteiger partial charge in [-0.05, 0) is 43.5 Å². The van der Waals surface area contributed by atoms with Crippen molar-refractivity contribution in [2.24, 2.45) is 0 Å². The van der Waals surface area contributed by atoms with E-state index in [0.717, 1.165) is 28.9 Å². The van der Waals surface area contributed by atoms with E-state index in [-0.39, 0.29) is 12.0 Å². The minimum atomic E-state index is -0.271. The molecule has 0 bridgehead atoms. The third kappa shape index (κ3) is 4.85. The lowest BCUT2D eigenvalue weighted by atomic mass is 10.1. The summed E-state index contributed by atoms with van der Waals surface area (Å²) in [6.07, 6.45) is 2.22. The molecule has 1 aliphatic heterocycles. The third-order valence-electron chi connectivity index (χ3n) is 5.13. The predicted octanol–water partition coefficient (Wildman–Crippen LogP) is 3.48. The molecule has 2 heterocycles. The number of para-hydroxylation sites is 1. The fraction of sp³-hybridized carbons (Fsp3) is 0.409. The largest absolute Gasteiger partial charge is 0.450 e. The minimum Gasteiger partial charge on any atom is -0.450 e. The normalized spacial score (nSPS) is 13.9. The van der Waals surface area contributed by atoms with Crippen molar-refractivity contribution >= 4 is 23.4 Å². The second kappa shape index (κ2) is 9.41. The molecule has 0 atom stereocenters. The molecule has 0 radical (unpaired) electrons. The van der Waals surface area contributed by atoms with Gasteiger partial charge in [0.1, 0.15) is 5.69 Å². The van der Waals surface area contributed by atoms with Gasteiger partial charge in [0.15, 0.2) is 0 Å². The highest BCUT2D eigenvalue weighted by Gasteiger charge is 2.23. The van der Waals surface area contributed by atoms with Crippen LogP contribution in [0.15, 0.2) is 36.5 Å². The van der Waals surface area contributed by atoms with Crippen molar-refractivity contribution in [1.29, 1.82) is 0 Å². The molecule has 0 unspecified atom stereocenters. The van der Waals surface area contributed by atoms with Gasteiger partial charge in [-0.1, -0.05) is 25.1 Å². The van der Waals surface area contributed by atoms with Crippen molar-refractivity contribution in [2.45, 2.75) is 27.2 Å². The monoisotopic (exact) mass is 396 g/mol. The van der Waals surface area contributed by atoms with Crippen LogP contribution in [0.3, 0.4) is 0 Å². The predicted molar refractivity (Wildman–Crippen MR) is 114 cm³/mol. The molecule has 2 aromatic rings. The molecule has 0 aliphatic carbocycles. The highest BCUT2D eigenvalue weighted by molar-refractivity contribution is 6.04. The van der Waals surface area contributed by atoms with Gasteiger partial charge in [0.2, 0.25) is 0 Å². The molecule has 0 saturated carbocycles. The molecule has 1 N–H and O–H groups in total. The zero-order valence-corrected chi connectivity index (χ0v) is 17.3. The summed E-state index contributed by atoms with van der Waals surface area (Å²) in [7, 11) is 0. The van der Waals surface area contributed by atoms with E-state index < -0.39 is 0 Å². The Labute approximate surface area is 171 Å². The topological polar surface area (TPSA) is 74.8 Å². The number of anilines is 2. The fourth-order valence-electron chi connectivity index (χ4n) is 3.48. The van der Waals surface area contributed by atoms with Crippen LogP contribution in [0.2, 0.25) is 0 Å². The number of hydrogen-bond acceptors (Lipinski definition) is 5. The first kappa shape index (κ1) is 20.6. The highest BCUT2D eigenvalue weighted by Crippen LogP contribution is 2.23. The molecule has 29 heavy (non-hydrogen) atoms. The first-order valence-corrected chi connectivity index (χ1v) is 10.1. The number of rotatable bonds is 5. The lowest BCUT2D eigenvalue weighted by Crippen LogP contribution is -2.49. The summed E-state index contributed by atoms with van der Waals surface area (Å²) in [6.45, 7) is 8.78. The number of aryl methyl sites for hydroxylation is 2. The molecular formula is C22H28N4O3. The Morgan fingerprint density at radius 3 is 2.59 bits per heavy atom. The van der Waals surface area contributed by atoms with E-state index in [1.165, 1.54) is 0 Å². The van der Waals surface area contributed by atoms with Gasteiger partial charge < -0.3 is 19.9 Å². The van der Waals surface area contributed by atoms with E-state index >= 15 is 0 Å². The van der Waals surface area contributed by atoms with E-state index in [2.05, 4.69) is 22.1 Å². The average Bonchev–Trinajstić information content (AvgIpc) is 2.75. The number of nitrogens with zero attached hydrogens (tertiary/aromatic N) is 3. The Bertz CT molecular complexity index is 876. The molecule has 154 valence electrons. The summed E-state index contributed by atoms with van der Waals surface area (Å²) in [5, 5.41) is 3.02. The second-order valence-corrected chi connectivity index (χ2v) is 6.99. The summed E-state index contributed by atoms with van der Waals surface area (Å²) < 4.78 is 5.06. The van der Waals surface area contributed by atoms with Crippen LogP contribution in [-0.4, -0.2) is 54.7 Å². The fourth-order valence-corrected chi connectivity index (χ4v) is 3.48. The summed E-state index contributed by atoms with van der Waals surface area (Å²) in [6, 6.07) is 9.71. The van der Waals surface area contributed by atoms with Gasteiger partial charge in [-0.2, -0.15) is 0 Å². The van der Waals surface area contributed by atoms with Gasteiger partial charge >= 0.3 is 6.09 Å².